The Bertz CT molecular complexity index is 602. The Kier molecular flexibility index (Phi) is 5.67. The number of carbonyl (C=O) groups is 1. The van der Waals surface area contributed by atoms with Crippen molar-refractivity contribution in [2.24, 2.45) is 0 Å². The number of esters is 1. The van der Waals surface area contributed by atoms with Crippen molar-refractivity contribution in [2.75, 3.05) is 6.61 Å². The van der Waals surface area contributed by atoms with Crippen LogP contribution in [0.15, 0.2) is 29.2 Å². The van der Waals surface area contributed by atoms with E-state index in [1.807, 2.05) is 6.07 Å². The molecule has 0 aliphatic heterocycles. The molecule has 1 aromatic carbocycles. The molecule has 0 amide bonds. The van der Waals surface area contributed by atoms with E-state index in [0.717, 1.165) is 5.56 Å². The van der Waals surface area contributed by atoms with E-state index in [9.17, 15) is 13.2 Å². The molecular formula is C13H16N2O4S. The first-order valence-corrected chi connectivity index (χ1v) is 7.54. The van der Waals surface area contributed by atoms with Crippen LogP contribution in [0.1, 0.15) is 19.4 Å². The van der Waals surface area contributed by atoms with Gasteiger partial charge in [-0.15, -0.1) is 0 Å². The Morgan fingerprint density at radius 3 is 2.50 bits per heavy atom. The predicted molar refractivity (Wildman–Crippen MR) is 72.2 cm³/mol. The highest BCUT2D eigenvalue weighted by Crippen LogP contribution is 2.11. The van der Waals surface area contributed by atoms with Crippen molar-refractivity contribution < 1.29 is 17.9 Å². The van der Waals surface area contributed by atoms with Crippen LogP contribution in [0.2, 0.25) is 0 Å². The largest absolute Gasteiger partial charge is 0.465 e. The summed E-state index contributed by atoms with van der Waals surface area (Å²) < 4.78 is 31.0. The van der Waals surface area contributed by atoms with E-state index in [2.05, 4.69) is 4.72 Å². The van der Waals surface area contributed by atoms with E-state index in [0.29, 0.717) is 0 Å². The molecule has 0 aliphatic carbocycles. The quantitative estimate of drug-likeness (QED) is 0.789. The second-order valence-electron chi connectivity index (χ2n) is 4.07. The van der Waals surface area contributed by atoms with E-state index >= 15 is 0 Å². The molecule has 0 aromatic heterocycles. The summed E-state index contributed by atoms with van der Waals surface area (Å²) in [7, 11) is -3.79. The number of nitriles is 1. The van der Waals surface area contributed by atoms with Crippen molar-refractivity contribution in [1.82, 2.24) is 4.72 Å². The third kappa shape index (κ3) is 4.33. The van der Waals surface area contributed by atoms with Gasteiger partial charge in [-0.3, -0.25) is 4.79 Å². The van der Waals surface area contributed by atoms with Gasteiger partial charge in [0.05, 0.1) is 24.0 Å². The molecule has 1 N–H and O–H groups in total. The lowest BCUT2D eigenvalue weighted by molar-refractivity contribution is -0.144. The Morgan fingerprint density at radius 2 is 2.00 bits per heavy atom. The summed E-state index contributed by atoms with van der Waals surface area (Å²) in [5.74, 6) is -0.628. The van der Waals surface area contributed by atoms with Crippen molar-refractivity contribution in [2.45, 2.75) is 31.2 Å². The predicted octanol–water partition coefficient (Wildman–Crippen LogP) is 0.983. The second-order valence-corrected chi connectivity index (χ2v) is 5.79. The number of benzene rings is 1. The minimum atomic E-state index is -3.79. The van der Waals surface area contributed by atoms with Crippen molar-refractivity contribution in [3.63, 3.8) is 0 Å². The number of nitrogens with one attached hydrogen (secondary N) is 1. The van der Waals surface area contributed by atoms with Gasteiger partial charge in [-0.05, 0) is 31.5 Å². The van der Waals surface area contributed by atoms with E-state index < -0.39 is 22.0 Å². The van der Waals surface area contributed by atoms with Crippen LogP contribution in [0.5, 0.6) is 0 Å². The molecule has 0 saturated heterocycles. The molecule has 108 valence electrons. The van der Waals surface area contributed by atoms with Crippen molar-refractivity contribution >= 4 is 16.0 Å². The molecule has 20 heavy (non-hydrogen) atoms. The molecule has 1 aromatic rings. The Hall–Kier alpha value is -1.91. The number of carbonyl (C=O) groups excluding carboxylic acids is 1. The highest BCUT2D eigenvalue weighted by atomic mass is 32.2. The zero-order valence-corrected chi connectivity index (χ0v) is 12.1. The van der Waals surface area contributed by atoms with Crippen LogP contribution in [0.25, 0.3) is 0 Å². The molecule has 0 bridgehead atoms. The summed E-state index contributed by atoms with van der Waals surface area (Å²) >= 11 is 0. The van der Waals surface area contributed by atoms with Crippen LogP contribution >= 0.6 is 0 Å². The topological polar surface area (TPSA) is 96.3 Å². The molecule has 0 heterocycles. The number of rotatable bonds is 6. The average molecular weight is 296 g/mol. The molecule has 0 spiro atoms. The molecule has 0 saturated carbocycles. The van der Waals surface area contributed by atoms with Gasteiger partial charge in [-0.1, -0.05) is 12.1 Å². The van der Waals surface area contributed by atoms with Crippen LogP contribution in [0.3, 0.4) is 0 Å². The summed E-state index contributed by atoms with van der Waals surface area (Å²) in [4.78, 5) is 11.4. The molecule has 1 atom stereocenters. The maximum Gasteiger partial charge on any atom is 0.323 e. The highest BCUT2D eigenvalue weighted by Gasteiger charge is 2.22. The normalized spacial score (nSPS) is 12.4. The Labute approximate surface area is 118 Å². The van der Waals surface area contributed by atoms with Crippen molar-refractivity contribution in [3.05, 3.63) is 29.8 Å². The van der Waals surface area contributed by atoms with E-state index in [1.165, 1.54) is 19.1 Å². The summed E-state index contributed by atoms with van der Waals surface area (Å²) in [5.41, 5.74) is 0.727. The fourth-order valence-corrected chi connectivity index (χ4v) is 2.69. The van der Waals surface area contributed by atoms with Crippen molar-refractivity contribution in [1.29, 1.82) is 5.26 Å². The Balaban J connectivity index is 2.83. The van der Waals surface area contributed by atoms with Crippen molar-refractivity contribution in [3.8, 4) is 6.07 Å². The number of hydrogen-bond acceptors (Lipinski definition) is 5. The number of ether oxygens (including phenoxy) is 1. The van der Waals surface area contributed by atoms with Gasteiger partial charge in [-0.2, -0.15) is 9.98 Å². The summed E-state index contributed by atoms with van der Waals surface area (Å²) in [5, 5.41) is 8.55. The molecule has 1 unspecified atom stereocenters. The van der Waals surface area contributed by atoms with Gasteiger partial charge >= 0.3 is 5.97 Å². The first-order valence-electron chi connectivity index (χ1n) is 6.05. The van der Waals surface area contributed by atoms with Gasteiger partial charge in [0.25, 0.3) is 0 Å². The lowest BCUT2D eigenvalue weighted by atomic mass is 10.2. The third-order valence-corrected chi connectivity index (χ3v) is 4.05. The van der Waals surface area contributed by atoms with Crippen LogP contribution in [-0.2, 0) is 26.0 Å². The summed E-state index contributed by atoms with van der Waals surface area (Å²) in [6.07, 6.45) is 0.215. The molecule has 0 radical (unpaired) electrons. The van der Waals surface area contributed by atoms with Crippen LogP contribution in [0, 0.1) is 11.3 Å². The van der Waals surface area contributed by atoms with E-state index in [1.54, 1.807) is 19.1 Å². The maximum atomic E-state index is 12.0. The second kappa shape index (κ2) is 7.03. The van der Waals surface area contributed by atoms with E-state index in [-0.39, 0.29) is 17.9 Å². The molecule has 6 nitrogen and oxygen atoms in total. The zero-order valence-electron chi connectivity index (χ0n) is 11.3. The first-order chi connectivity index (χ1) is 9.40. The number of hydrogen-bond donors (Lipinski definition) is 1. The lowest BCUT2D eigenvalue weighted by Crippen LogP contribution is -2.39. The molecule has 1 rings (SSSR count). The average Bonchev–Trinajstić information content (AvgIpc) is 2.39. The summed E-state index contributed by atoms with van der Waals surface area (Å²) in [6, 6.07) is 6.93. The van der Waals surface area contributed by atoms with Crippen LogP contribution in [-0.4, -0.2) is 27.0 Å². The fraction of sp³-hybridized carbons (Fsp3) is 0.385. The first kappa shape index (κ1) is 16.1. The monoisotopic (exact) mass is 296 g/mol. The maximum absolute atomic E-state index is 12.0. The SMILES string of the molecule is CCOC(=O)C(C)NS(=O)(=O)c1ccc(CC#N)cc1. The minimum Gasteiger partial charge on any atom is -0.465 e. The van der Waals surface area contributed by atoms with Gasteiger partial charge in [0.2, 0.25) is 10.0 Å². The molecule has 7 heteroatoms. The van der Waals surface area contributed by atoms with Crippen LogP contribution in [0.4, 0.5) is 0 Å². The minimum absolute atomic E-state index is 0.0374. The number of nitrogens with zero attached hydrogens (tertiary/aromatic N) is 1. The highest BCUT2D eigenvalue weighted by molar-refractivity contribution is 7.89. The van der Waals surface area contributed by atoms with E-state index in [4.69, 9.17) is 10.00 Å². The molecule has 0 fully saturated rings. The van der Waals surface area contributed by atoms with Gasteiger partial charge < -0.3 is 4.74 Å². The van der Waals surface area contributed by atoms with Gasteiger partial charge in [0.15, 0.2) is 0 Å². The van der Waals surface area contributed by atoms with Gasteiger partial charge in [-0.25, -0.2) is 8.42 Å². The number of sulfonamides is 1. The zero-order chi connectivity index (χ0) is 15.2. The fourth-order valence-electron chi connectivity index (χ4n) is 1.49. The molecular weight excluding hydrogens is 280 g/mol. The van der Waals surface area contributed by atoms with Gasteiger partial charge in [0.1, 0.15) is 6.04 Å². The van der Waals surface area contributed by atoms with Crippen LogP contribution < -0.4 is 4.72 Å². The smallest absolute Gasteiger partial charge is 0.323 e. The van der Waals surface area contributed by atoms with Gasteiger partial charge in [0, 0.05) is 0 Å². The lowest BCUT2D eigenvalue weighted by Gasteiger charge is -2.13. The Morgan fingerprint density at radius 1 is 1.40 bits per heavy atom. The summed E-state index contributed by atoms with van der Waals surface area (Å²) in [6.45, 7) is 3.25. The third-order valence-electron chi connectivity index (χ3n) is 2.49. The molecule has 0 aliphatic rings. The standard InChI is InChI=1S/C13H16N2O4S/c1-3-19-13(16)10(2)15-20(17,18)12-6-4-11(5-7-12)8-9-14/h4-7,10,15H,3,8H2,1-2H3.